The Morgan fingerprint density at radius 2 is 1.76 bits per heavy atom. The number of amides is 1. The third-order valence-corrected chi connectivity index (χ3v) is 5.95. The Kier molecular flexibility index (Phi) is 8.41. The predicted octanol–water partition coefficient (Wildman–Crippen LogP) is 7.50. The van der Waals surface area contributed by atoms with Crippen LogP contribution in [0, 0.1) is 0 Å². The van der Waals surface area contributed by atoms with Crippen LogP contribution in [0.5, 0.6) is 5.75 Å². The summed E-state index contributed by atoms with van der Waals surface area (Å²) in [6, 6.07) is 20.6. The molecule has 37 heavy (non-hydrogen) atoms. The fraction of sp³-hybridized carbons (Fsp3) is 0.226. The second-order valence-electron chi connectivity index (χ2n) is 8.68. The zero-order valence-electron chi connectivity index (χ0n) is 21.4. The predicted molar refractivity (Wildman–Crippen MR) is 147 cm³/mol. The van der Waals surface area contributed by atoms with Crippen LogP contribution < -0.4 is 10.1 Å². The number of carbonyl (C=O) groups is 2. The molecule has 0 atom stereocenters. The summed E-state index contributed by atoms with van der Waals surface area (Å²) in [7, 11) is 0. The fourth-order valence-corrected chi connectivity index (χ4v) is 4.01. The summed E-state index contributed by atoms with van der Waals surface area (Å²) in [6.07, 6.45) is 5.08. The van der Waals surface area contributed by atoms with Gasteiger partial charge in [0.25, 0.3) is 0 Å². The summed E-state index contributed by atoms with van der Waals surface area (Å²) in [5, 5.41) is 3.80. The average molecular weight is 498 g/mol. The van der Waals surface area contributed by atoms with Crippen LogP contribution in [0.4, 0.5) is 5.69 Å². The Morgan fingerprint density at radius 1 is 1.00 bits per heavy atom. The van der Waals surface area contributed by atoms with Crippen molar-refractivity contribution in [3.05, 3.63) is 90.2 Å². The Hall–Kier alpha value is -4.32. The number of benzene rings is 3. The molecule has 0 radical (unpaired) electrons. The Morgan fingerprint density at radius 3 is 2.46 bits per heavy atom. The van der Waals surface area contributed by atoms with Gasteiger partial charge in [0.05, 0.1) is 25.0 Å². The number of furan rings is 1. The van der Waals surface area contributed by atoms with Gasteiger partial charge in [-0.2, -0.15) is 0 Å². The molecule has 0 aliphatic rings. The van der Waals surface area contributed by atoms with E-state index >= 15 is 0 Å². The number of ether oxygens (including phenoxy) is 2. The minimum absolute atomic E-state index is 0.284. The van der Waals surface area contributed by atoms with Crippen molar-refractivity contribution in [1.82, 2.24) is 0 Å². The van der Waals surface area contributed by atoms with Gasteiger partial charge < -0.3 is 19.2 Å². The SMILES string of the molecule is CCCCOC(=O)c1ccc(NC(=O)/C=C(\C)c2cc3c(-c4ccccc4)coc3cc2OCC)cc1. The Balaban J connectivity index is 1.55. The van der Waals surface area contributed by atoms with Crippen LogP contribution >= 0.6 is 0 Å². The van der Waals surface area contributed by atoms with E-state index in [1.54, 1.807) is 36.6 Å². The minimum Gasteiger partial charge on any atom is -0.493 e. The molecule has 0 spiro atoms. The highest BCUT2D eigenvalue weighted by molar-refractivity contribution is 6.05. The zero-order valence-corrected chi connectivity index (χ0v) is 21.4. The highest BCUT2D eigenvalue weighted by atomic mass is 16.5. The highest BCUT2D eigenvalue weighted by Gasteiger charge is 2.15. The van der Waals surface area contributed by atoms with E-state index in [0.29, 0.717) is 30.2 Å². The molecule has 0 saturated carbocycles. The van der Waals surface area contributed by atoms with Gasteiger partial charge in [0, 0.05) is 34.3 Å². The molecule has 190 valence electrons. The first-order chi connectivity index (χ1) is 18.0. The average Bonchev–Trinajstić information content (AvgIpc) is 3.32. The highest BCUT2D eigenvalue weighted by Crippen LogP contribution is 2.37. The lowest BCUT2D eigenvalue weighted by Gasteiger charge is -2.12. The second kappa shape index (κ2) is 12.1. The lowest BCUT2D eigenvalue weighted by molar-refractivity contribution is -0.111. The molecule has 4 rings (SSSR count). The number of carbonyl (C=O) groups excluding carboxylic acids is 2. The van der Waals surface area contributed by atoms with E-state index in [1.165, 1.54) is 0 Å². The molecular weight excluding hydrogens is 466 g/mol. The first-order valence-electron chi connectivity index (χ1n) is 12.5. The molecule has 1 amide bonds. The topological polar surface area (TPSA) is 77.8 Å². The van der Waals surface area contributed by atoms with Crippen LogP contribution in [0.3, 0.4) is 0 Å². The van der Waals surface area contributed by atoms with E-state index in [2.05, 4.69) is 5.32 Å². The molecule has 1 N–H and O–H groups in total. The van der Waals surface area contributed by atoms with Crippen LogP contribution in [0.2, 0.25) is 0 Å². The number of esters is 1. The normalized spacial score (nSPS) is 11.4. The van der Waals surface area contributed by atoms with Gasteiger partial charge in [-0.05, 0) is 61.7 Å². The van der Waals surface area contributed by atoms with Gasteiger partial charge in [0.15, 0.2) is 0 Å². The summed E-state index contributed by atoms with van der Waals surface area (Å²) in [5.41, 5.74) is 5.34. The molecule has 4 aromatic rings. The summed E-state index contributed by atoms with van der Waals surface area (Å²) in [6.45, 7) is 6.72. The molecular formula is C31H31NO5. The Bertz CT molecular complexity index is 1400. The first kappa shape index (κ1) is 25.8. The third kappa shape index (κ3) is 6.28. The van der Waals surface area contributed by atoms with Crippen LogP contribution in [-0.4, -0.2) is 25.1 Å². The van der Waals surface area contributed by atoms with Gasteiger partial charge in [-0.3, -0.25) is 4.79 Å². The summed E-state index contributed by atoms with van der Waals surface area (Å²) in [5.74, 6) is 0.000255. The van der Waals surface area contributed by atoms with Crippen LogP contribution in [0.25, 0.3) is 27.7 Å². The molecule has 1 heterocycles. The van der Waals surface area contributed by atoms with Crippen molar-refractivity contribution in [2.75, 3.05) is 18.5 Å². The number of unbranched alkanes of at least 4 members (excludes halogenated alkanes) is 1. The molecule has 0 saturated heterocycles. The maximum atomic E-state index is 12.8. The molecule has 0 aliphatic carbocycles. The summed E-state index contributed by atoms with van der Waals surface area (Å²) >= 11 is 0. The van der Waals surface area contributed by atoms with E-state index < -0.39 is 0 Å². The number of rotatable bonds is 10. The van der Waals surface area contributed by atoms with Gasteiger partial charge in [-0.1, -0.05) is 43.7 Å². The zero-order chi connectivity index (χ0) is 26.2. The van der Waals surface area contributed by atoms with Crippen molar-refractivity contribution in [1.29, 1.82) is 0 Å². The van der Waals surface area contributed by atoms with Crippen LogP contribution in [-0.2, 0) is 9.53 Å². The van der Waals surface area contributed by atoms with E-state index in [-0.39, 0.29) is 11.9 Å². The largest absolute Gasteiger partial charge is 0.493 e. The van der Waals surface area contributed by atoms with Crippen LogP contribution in [0.1, 0.15) is 49.5 Å². The minimum atomic E-state index is -0.366. The van der Waals surface area contributed by atoms with Gasteiger partial charge in [0.1, 0.15) is 11.3 Å². The molecule has 1 aromatic heterocycles. The maximum Gasteiger partial charge on any atom is 0.338 e. The third-order valence-electron chi connectivity index (χ3n) is 5.95. The van der Waals surface area contributed by atoms with Crippen molar-refractivity contribution in [3.8, 4) is 16.9 Å². The quantitative estimate of drug-likeness (QED) is 0.139. The van der Waals surface area contributed by atoms with E-state index in [9.17, 15) is 9.59 Å². The number of hydrogen-bond acceptors (Lipinski definition) is 5. The number of anilines is 1. The van der Waals surface area contributed by atoms with Crippen molar-refractivity contribution in [2.45, 2.75) is 33.6 Å². The summed E-state index contributed by atoms with van der Waals surface area (Å²) < 4.78 is 16.9. The molecule has 0 fully saturated rings. The maximum absolute atomic E-state index is 12.8. The van der Waals surface area contributed by atoms with Crippen molar-refractivity contribution in [3.63, 3.8) is 0 Å². The molecule has 3 aromatic carbocycles. The molecule has 6 nitrogen and oxygen atoms in total. The van der Waals surface area contributed by atoms with Gasteiger partial charge in [-0.25, -0.2) is 4.79 Å². The van der Waals surface area contributed by atoms with Crippen LogP contribution in [0.15, 0.2) is 83.5 Å². The van der Waals surface area contributed by atoms with E-state index in [0.717, 1.165) is 46.1 Å². The number of allylic oxidation sites excluding steroid dienone is 1. The Labute approximate surface area is 216 Å². The fourth-order valence-electron chi connectivity index (χ4n) is 4.01. The van der Waals surface area contributed by atoms with E-state index in [4.69, 9.17) is 13.9 Å². The lowest BCUT2D eigenvalue weighted by atomic mass is 9.99. The monoisotopic (exact) mass is 497 g/mol. The lowest BCUT2D eigenvalue weighted by Crippen LogP contribution is -2.10. The van der Waals surface area contributed by atoms with Gasteiger partial charge >= 0.3 is 5.97 Å². The van der Waals surface area contributed by atoms with Crippen molar-refractivity contribution >= 4 is 34.1 Å². The van der Waals surface area contributed by atoms with Crippen molar-refractivity contribution < 1.29 is 23.5 Å². The van der Waals surface area contributed by atoms with Gasteiger partial charge in [-0.15, -0.1) is 0 Å². The first-order valence-corrected chi connectivity index (χ1v) is 12.5. The number of nitrogens with one attached hydrogen (secondary N) is 1. The standard InChI is InChI=1S/C31H31NO5/c1-4-6-16-36-31(34)23-12-14-24(15-13-23)32-30(33)17-21(3)25-18-26-27(22-10-8-7-9-11-22)20-37-29(26)19-28(25)35-5-2/h7-15,17-20H,4-6,16H2,1-3H3,(H,32,33)/b21-17+. The van der Waals surface area contributed by atoms with Gasteiger partial charge in [0.2, 0.25) is 5.91 Å². The molecule has 0 aliphatic heterocycles. The van der Waals surface area contributed by atoms with E-state index in [1.807, 2.05) is 63.2 Å². The molecule has 0 unspecified atom stereocenters. The number of hydrogen-bond donors (Lipinski definition) is 1. The second-order valence-corrected chi connectivity index (χ2v) is 8.68. The van der Waals surface area contributed by atoms with Crippen molar-refractivity contribution in [2.24, 2.45) is 0 Å². The smallest absolute Gasteiger partial charge is 0.338 e. The summed E-state index contributed by atoms with van der Waals surface area (Å²) in [4.78, 5) is 24.9. The number of fused-ring (bicyclic) bond motifs is 1. The molecule has 6 heteroatoms. The molecule has 0 bridgehead atoms.